The summed E-state index contributed by atoms with van der Waals surface area (Å²) in [7, 11) is 0. The number of hydrogen-bond acceptors (Lipinski definition) is 9. The van der Waals surface area contributed by atoms with Gasteiger partial charge in [0.25, 0.3) is 10.2 Å². The second-order valence-electron chi connectivity index (χ2n) is 5.51. The second-order valence-corrected chi connectivity index (χ2v) is 6.35. The van der Waals surface area contributed by atoms with Crippen LogP contribution in [0.4, 0.5) is 13.2 Å². The minimum Gasteiger partial charge on any atom is -0.474 e. The first-order valence-corrected chi connectivity index (χ1v) is 8.33. The second kappa shape index (κ2) is 9.21. The van der Waals surface area contributed by atoms with Crippen molar-refractivity contribution < 1.29 is 47.3 Å². The van der Waals surface area contributed by atoms with Crippen molar-refractivity contribution in [2.24, 2.45) is 0 Å². The molecule has 0 fully saturated rings. The van der Waals surface area contributed by atoms with E-state index in [2.05, 4.69) is 14.4 Å². The van der Waals surface area contributed by atoms with Crippen LogP contribution in [0.5, 0.6) is 5.75 Å². The lowest BCUT2D eigenvalue weighted by Gasteiger charge is -2.29. The molecule has 16 heteroatoms. The van der Waals surface area contributed by atoms with Crippen molar-refractivity contribution in [2.45, 2.75) is 18.4 Å². The average Bonchev–Trinajstić information content (AvgIpc) is 2.61. The molecular formula is C14H9Cl2F3N2O9. The van der Waals surface area contributed by atoms with Gasteiger partial charge in [-0.1, -0.05) is 23.2 Å². The molecule has 0 aliphatic carbocycles. The topological polar surface area (TPSA) is 140 Å². The van der Waals surface area contributed by atoms with Gasteiger partial charge in [-0.25, -0.2) is 4.79 Å². The van der Waals surface area contributed by atoms with Crippen LogP contribution in [0.3, 0.4) is 0 Å². The number of nitrogens with zero attached hydrogens (tertiary/aromatic N) is 2. The van der Waals surface area contributed by atoms with Gasteiger partial charge < -0.3 is 19.1 Å². The summed E-state index contributed by atoms with van der Waals surface area (Å²) in [5, 5.41) is 17.8. The van der Waals surface area contributed by atoms with Gasteiger partial charge in [-0.3, -0.25) is 0 Å². The number of esters is 1. The van der Waals surface area contributed by atoms with Gasteiger partial charge >= 0.3 is 12.1 Å². The Kier molecular flexibility index (Phi) is 7.15. The van der Waals surface area contributed by atoms with Crippen molar-refractivity contribution in [3.05, 3.63) is 53.5 Å². The molecule has 0 unspecified atom stereocenters. The Hall–Kier alpha value is -3.00. The van der Waals surface area contributed by atoms with Crippen molar-refractivity contribution in [3.8, 4) is 5.75 Å². The maximum absolute atomic E-state index is 13.4. The van der Waals surface area contributed by atoms with Gasteiger partial charge in [0, 0.05) is 10.6 Å². The number of carbonyl (C=O) groups excluding carboxylic acids is 1. The lowest BCUT2D eigenvalue weighted by molar-refractivity contribution is -0.768. The summed E-state index contributed by atoms with van der Waals surface area (Å²) < 4.78 is 49.8. The standard InChI is InChI=1S/C14H9Cl2F3N2O9/c15-7-1-6-2-9(12(14(17,18)19)30-11(6)10(16)3-7)13(22)29-8(4-27-20(23)24)5-28-21(25)26/h1-3,8,12H,4-5H2/t12-/m0/s1. The number of alkyl halides is 3. The lowest BCUT2D eigenvalue weighted by Crippen LogP contribution is -2.42. The summed E-state index contributed by atoms with van der Waals surface area (Å²) >= 11 is 11.6. The van der Waals surface area contributed by atoms with E-state index in [0.717, 1.165) is 12.1 Å². The molecule has 0 saturated carbocycles. The molecule has 1 aromatic rings. The Morgan fingerprint density at radius 3 is 2.23 bits per heavy atom. The van der Waals surface area contributed by atoms with E-state index in [-0.39, 0.29) is 21.4 Å². The molecule has 1 atom stereocenters. The number of rotatable bonds is 8. The zero-order valence-corrected chi connectivity index (χ0v) is 15.8. The van der Waals surface area contributed by atoms with Crippen molar-refractivity contribution in [1.82, 2.24) is 0 Å². The minimum atomic E-state index is -5.09. The van der Waals surface area contributed by atoms with Crippen LogP contribution in [-0.4, -0.2) is 47.7 Å². The third-order valence-corrected chi connectivity index (χ3v) is 3.90. The summed E-state index contributed by atoms with van der Waals surface area (Å²) in [5.74, 6) is -2.02. The molecule has 0 bridgehead atoms. The Bertz CT molecular complexity index is 876. The molecule has 0 spiro atoms. The fourth-order valence-corrected chi connectivity index (χ4v) is 2.82. The number of halogens is 5. The molecule has 30 heavy (non-hydrogen) atoms. The number of fused-ring (bicyclic) bond motifs is 1. The van der Waals surface area contributed by atoms with Crippen molar-refractivity contribution in [2.75, 3.05) is 13.2 Å². The Labute approximate surface area is 174 Å². The molecule has 0 N–H and O–H groups in total. The molecule has 1 aliphatic heterocycles. The van der Waals surface area contributed by atoms with E-state index in [1.807, 2.05) is 0 Å². The largest absolute Gasteiger partial charge is 0.474 e. The fourth-order valence-electron chi connectivity index (χ4n) is 2.27. The third kappa shape index (κ3) is 6.00. The molecule has 0 saturated heterocycles. The molecule has 0 radical (unpaired) electrons. The van der Waals surface area contributed by atoms with E-state index in [1.165, 1.54) is 6.07 Å². The maximum atomic E-state index is 13.4. The zero-order valence-electron chi connectivity index (χ0n) is 14.3. The van der Waals surface area contributed by atoms with E-state index in [9.17, 15) is 38.2 Å². The number of benzene rings is 1. The van der Waals surface area contributed by atoms with E-state index in [1.54, 1.807) is 0 Å². The molecule has 164 valence electrons. The number of carbonyl (C=O) groups is 1. The highest BCUT2D eigenvalue weighted by atomic mass is 35.5. The summed E-state index contributed by atoms with van der Waals surface area (Å²) in [6.45, 7) is -2.07. The van der Waals surface area contributed by atoms with E-state index in [0.29, 0.717) is 0 Å². The fraction of sp³-hybridized carbons (Fsp3) is 0.357. The molecule has 0 aromatic heterocycles. The van der Waals surface area contributed by atoms with Crippen LogP contribution in [0.1, 0.15) is 5.56 Å². The van der Waals surface area contributed by atoms with Crippen LogP contribution in [0.2, 0.25) is 10.0 Å². The van der Waals surface area contributed by atoms with Crippen molar-refractivity contribution in [3.63, 3.8) is 0 Å². The van der Waals surface area contributed by atoms with Gasteiger partial charge in [-0.15, -0.1) is 20.2 Å². The van der Waals surface area contributed by atoms with Crippen LogP contribution in [-0.2, 0) is 19.2 Å². The molecule has 0 amide bonds. The van der Waals surface area contributed by atoms with Crippen LogP contribution < -0.4 is 4.74 Å². The van der Waals surface area contributed by atoms with Gasteiger partial charge in [0.15, 0.2) is 0 Å². The summed E-state index contributed by atoms with van der Waals surface area (Å²) in [5.41, 5.74) is -1.12. The monoisotopic (exact) mass is 476 g/mol. The first-order valence-electron chi connectivity index (χ1n) is 7.58. The normalized spacial score (nSPS) is 15.5. The summed E-state index contributed by atoms with van der Waals surface area (Å²) in [6.07, 6.45) is -8.91. The van der Waals surface area contributed by atoms with Gasteiger partial charge in [-0.2, -0.15) is 13.2 Å². The zero-order chi connectivity index (χ0) is 22.6. The summed E-state index contributed by atoms with van der Waals surface area (Å²) in [4.78, 5) is 40.8. The highest BCUT2D eigenvalue weighted by Crippen LogP contribution is 2.42. The molecule has 11 nitrogen and oxygen atoms in total. The van der Waals surface area contributed by atoms with Crippen LogP contribution in [0, 0.1) is 20.2 Å². The molecule has 1 heterocycles. The van der Waals surface area contributed by atoms with Gasteiger partial charge in [0.05, 0.1) is 10.6 Å². The van der Waals surface area contributed by atoms with E-state index < -0.39 is 53.3 Å². The van der Waals surface area contributed by atoms with Crippen LogP contribution in [0.15, 0.2) is 17.7 Å². The molecule has 1 aliphatic rings. The van der Waals surface area contributed by atoms with Crippen LogP contribution >= 0.6 is 23.2 Å². The summed E-state index contributed by atoms with van der Waals surface area (Å²) in [6, 6.07) is 2.30. The SMILES string of the molecule is O=C(OC(CO[N+](=O)[O-])CO[N+](=O)[O-])C1=Cc2cc(Cl)cc(Cl)c2O[C@@H]1C(F)(F)F. The third-order valence-electron chi connectivity index (χ3n) is 3.40. The molecule has 2 rings (SSSR count). The maximum Gasteiger partial charge on any atom is 0.430 e. The Morgan fingerprint density at radius 2 is 1.73 bits per heavy atom. The van der Waals surface area contributed by atoms with Gasteiger partial charge in [-0.05, 0) is 18.2 Å². The van der Waals surface area contributed by atoms with Gasteiger partial charge in [0.1, 0.15) is 25.1 Å². The van der Waals surface area contributed by atoms with Crippen molar-refractivity contribution >= 4 is 35.2 Å². The highest BCUT2D eigenvalue weighted by molar-refractivity contribution is 6.36. The molecule has 1 aromatic carbocycles. The Balaban J connectivity index is 2.34. The van der Waals surface area contributed by atoms with Gasteiger partial charge in [0.2, 0.25) is 6.10 Å². The lowest BCUT2D eigenvalue weighted by atomic mass is 10.0. The smallest absolute Gasteiger partial charge is 0.430 e. The van der Waals surface area contributed by atoms with Crippen molar-refractivity contribution in [1.29, 1.82) is 0 Å². The van der Waals surface area contributed by atoms with E-state index >= 15 is 0 Å². The van der Waals surface area contributed by atoms with Crippen LogP contribution in [0.25, 0.3) is 6.08 Å². The average molecular weight is 477 g/mol. The quantitative estimate of drug-likeness (QED) is 0.314. The number of hydrogen-bond donors (Lipinski definition) is 0. The van der Waals surface area contributed by atoms with E-state index in [4.69, 9.17) is 27.9 Å². The number of ether oxygens (including phenoxy) is 2. The Morgan fingerprint density at radius 1 is 1.17 bits per heavy atom. The highest BCUT2D eigenvalue weighted by Gasteiger charge is 2.49. The predicted octanol–water partition coefficient (Wildman–Crippen LogP) is 3.03. The molecular weight excluding hydrogens is 468 g/mol. The minimum absolute atomic E-state index is 0.0356. The predicted molar refractivity (Wildman–Crippen MR) is 90.7 cm³/mol. The first kappa shape index (κ1) is 23.3. The first-order chi connectivity index (χ1) is 13.9.